The molecule has 6 atom stereocenters. The maximum Gasteiger partial charge on any atom is 0.407 e. The van der Waals surface area contributed by atoms with Crippen molar-refractivity contribution in [1.82, 2.24) is 30.4 Å². The van der Waals surface area contributed by atoms with Crippen molar-refractivity contribution >= 4 is 35.3 Å². The Morgan fingerprint density at radius 2 is 1.26 bits per heavy atom. The minimum atomic E-state index is -0.698. The molecule has 0 saturated carbocycles. The number of hydrogen-bond donors (Lipinski definition) is 3. The van der Waals surface area contributed by atoms with Crippen LogP contribution in [0.1, 0.15) is 102 Å². The highest BCUT2D eigenvalue weighted by Gasteiger charge is 2.43. The molecular weight excluding hydrogens is 735 g/mol. The number of fused-ring (bicyclic) bond motifs is 3. The number of ether oxygens (including phenoxy) is 2. The summed E-state index contributed by atoms with van der Waals surface area (Å²) >= 11 is 0. The monoisotopic (exact) mass is 791 g/mol. The van der Waals surface area contributed by atoms with E-state index in [4.69, 9.17) is 19.5 Å². The van der Waals surface area contributed by atoms with Gasteiger partial charge in [-0.25, -0.2) is 14.6 Å². The minimum absolute atomic E-state index is 0.00797. The number of aliphatic imine (C=N–C) groups is 1. The van der Waals surface area contributed by atoms with Crippen LogP contribution in [0, 0.1) is 11.8 Å². The summed E-state index contributed by atoms with van der Waals surface area (Å²) in [6, 6.07) is 11.6. The molecule has 3 aromatic rings. The molecule has 2 saturated heterocycles. The molecular formula is C45H57N7O6. The van der Waals surface area contributed by atoms with Crippen LogP contribution in [0.5, 0.6) is 0 Å². The number of imidazole rings is 1. The number of nitrogens with zero attached hydrogens (tertiary/aromatic N) is 4. The lowest BCUT2D eigenvalue weighted by atomic mass is 9.83. The van der Waals surface area contributed by atoms with Gasteiger partial charge in [0.1, 0.15) is 17.9 Å². The van der Waals surface area contributed by atoms with E-state index in [1.54, 1.807) is 0 Å². The second-order valence-corrected chi connectivity index (χ2v) is 17.0. The first-order valence-electron chi connectivity index (χ1n) is 20.7. The predicted octanol–water partition coefficient (Wildman–Crippen LogP) is 7.22. The lowest BCUT2D eigenvalue weighted by Gasteiger charge is -2.33. The molecule has 4 amide bonds. The van der Waals surface area contributed by atoms with Crippen LogP contribution in [0.2, 0.25) is 0 Å². The average molecular weight is 792 g/mol. The molecule has 7 rings (SSSR count). The zero-order valence-electron chi connectivity index (χ0n) is 34.9. The number of rotatable bonds is 10. The third-order valence-electron chi connectivity index (χ3n) is 12.5. The van der Waals surface area contributed by atoms with E-state index in [9.17, 15) is 19.2 Å². The third kappa shape index (κ3) is 7.87. The first-order chi connectivity index (χ1) is 27.8. The number of nitrogens with one attached hydrogen (secondary N) is 3. The second kappa shape index (κ2) is 16.8. The molecule has 13 nitrogen and oxygen atoms in total. The maximum atomic E-state index is 13.9. The minimum Gasteiger partial charge on any atom is -0.453 e. The van der Waals surface area contributed by atoms with E-state index in [2.05, 4.69) is 58.9 Å². The fourth-order valence-electron chi connectivity index (χ4n) is 9.27. The molecule has 0 bridgehead atoms. The van der Waals surface area contributed by atoms with Crippen molar-refractivity contribution in [3.05, 3.63) is 71.3 Å². The summed E-state index contributed by atoms with van der Waals surface area (Å²) in [5.41, 5.74) is 10.3. The number of benzene rings is 2. The molecule has 3 N–H and O–H groups in total. The van der Waals surface area contributed by atoms with Gasteiger partial charge < -0.3 is 34.9 Å². The van der Waals surface area contributed by atoms with Crippen LogP contribution in [-0.4, -0.2) is 93.9 Å². The molecule has 4 aliphatic rings. The van der Waals surface area contributed by atoms with Crippen LogP contribution in [0.25, 0.3) is 28.0 Å². The van der Waals surface area contributed by atoms with E-state index < -0.39 is 24.3 Å². The molecule has 1 aliphatic carbocycles. The zero-order chi connectivity index (χ0) is 41.4. The Kier molecular flexibility index (Phi) is 11.8. The first-order valence-corrected chi connectivity index (χ1v) is 20.7. The summed E-state index contributed by atoms with van der Waals surface area (Å²) < 4.78 is 9.62. The van der Waals surface area contributed by atoms with Crippen molar-refractivity contribution in [3.8, 4) is 22.4 Å². The number of carbonyl (C=O) groups excluding carboxylic acids is 4. The van der Waals surface area contributed by atoms with Crippen molar-refractivity contribution in [2.75, 3.05) is 14.2 Å². The number of alkyl carbamates (subject to hydrolysis) is 2. The van der Waals surface area contributed by atoms with Crippen LogP contribution in [0.15, 0.2) is 53.8 Å². The van der Waals surface area contributed by atoms with Gasteiger partial charge in [-0.3, -0.25) is 14.6 Å². The second-order valence-electron chi connectivity index (χ2n) is 17.0. The Morgan fingerprint density at radius 1 is 0.741 bits per heavy atom. The van der Waals surface area contributed by atoms with E-state index in [1.807, 2.05) is 56.8 Å². The van der Waals surface area contributed by atoms with Gasteiger partial charge in [0.05, 0.1) is 38.2 Å². The Labute approximate surface area is 341 Å². The SMILES string of the molecule is COC(=O)N[C@H](C(=O)N1[C@@H](C)CC[C@H]1C1=NC=C(c2ccc3c(c2)CCc2cc(-c4cnc([C@@H]5CC[C@H](C)N5C(=O)[C@@H](NC(=O)OC)C(C)C)[nH]4)ccc2-3)C1)C(C)C. The topological polar surface area (TPSA) is 158 Å². The van der Waals surface area contributed by atoms with Gasteiger partial charge in [-0.15, -0.1) is 0 Å². The molecule has 2 aromatic carbocycles. The van der Waals surface area contributed by atoms with E-state index >= 15 is 0 Å². The van der Waals surface area contributed by atoms with Gasteiger partial charge in [0.2, 0.25) is 11.8 Å². The molecule has 0 unspecified atom stereocenters. The molecule has 58 heavy (non-hydrogen) atoms. The number of aromatic amines is 1. The molecule has 4 heterocycles. The number of hydrogen-bond acceptors (Lipinski definition) is 8. The van der Waals surface area contributed by atoms with Crippen molar-refractivity contribution < 1.29 is 28.7 Å². The maximum absolute atomic E-state index is 13.9. The summed E-state index contributed by atoms with van der Waals surface area (Å²) in [6.45, 7) is 11.8. The van der Waals surface area contributed by atoms with E-state index in [0.29, 0.717) is 6.42 Å². The number of H-pyrrole nitrogens is 1. The molecule has 13 heteroatoms. The molecule has 0 radical (unpaired) electrons. The van der Waals surface area contributed by atoms with Crippen molar-refractivity contribution in [1.29, 1.82) is 0 Å². The predicted molar refractivity (Wildman–Crippen MR) is 223 cm³/mol. The van der Waals surface area contributed by atoms with Crippen molar-refractivity contribution in [2.24, 2.45) is 16.8 Å². The number of likely N-dealkylation sites (tertiary alicyclic amines) is 2. The lowest BCUT2D eigenvalue weighted by molar-refractivity contribution is -0.137. The normalized spacial score (nSPS) is 22.2. The van der Waals surface area contributed by atoms with Crippen molar-refractivity contribution in [3.63, 3.8) is 0 Å². The summed E-state index contributed by atoms with van der Waals surface area (Å²) in [4.78, 5) is 68.8. The summed E-state index contributed by atoms with van der Waals surface area (Å²) in [6.07, 6.45) is 8.42. The molecule has 3 aliphatic heterocycles. The number of allylic oxidation sites excluding steroid dienone is 1. The average Bonchev–Trinajstić information content (AvgIpc) is 4.04. The highest BCUT2D eigenvalue weighted by molar-refractivity contribution is 6.04. The van der Waals surface area contributed by atoms with Gasteiger partial charge in [0, 0.05) is 30.4 Å². The number of methoxy groups -OCH3 is 2. The van der Waals surface area contributed by atoms with Gasteiger partial charge >= 0.3 is 12.2 Å². The van der Waals surface area contributed by atoms with E-state index in [1.165, 1.54) is 36.5 Å². The molecule has 1 aromatic heterocycles. The fraction of sp³-hybridized carbons (Fsp3) is 0.511. The van der Waals surface area contributed by atoms with Gasteiger partial charge in [-0.05, 0) is 109 Å². The molecule has 0 spiro atoms. The quantitative estimate of drug-likeness (QED) is 0.196. The number of amides is 4. The summed E-state index contributed by atoms with van der Waals surface area (Å²) in [5, 5.41) is 5.49. The summed E-state index contributed by atoms with van der Waals surface area (Å²) in [7, 11) is 2.61. The number of carbonyl (C=O) groups is 4. The Balaban J connectivity index is 1.04. The van der Waals surface area contributed by atoms with Gasteiger partial charge in [0.25, 0.3) is 0 Å². The fourth-order valence-corrected chi connectivity index (χ4v) is 9.27. The van der Waals surface area contributed by atoms with Crippen LogP contribution in [0.4, 0.5) is 9.59 Å². The van der Waals surface area contributed by atoms with Crippen LogP contribution in [0.3, 0.4) is 0 Å². The first kappa shape index (κ1) is 40.7. The summed E-state index contributed by atoms with van der Waals surface area (Å²) in [5.74, 6) is 0.315. The zero-order valence-corrected chi connectivity index (χ0v) is 34.9. The lowest BCUT2D eigenvalue weighted by Crippen LogP contribution is -2.55. The van der Waals surface area contributed by atoms with Crippen LogP contribution < -0.4 is 10.6 Å². The highest BCUT2D eigenvalue weighted by atomic mass is 16.5. The standard InChI is InChI=1S/C45H57N7O6/c1-24(2)39(49-44(55)57-7)42(53)51-26(5)9-17-37(51)35-21-32(22-46-35)28-13-15-33-29(19-28)11-12-30-20-31(14-16-34(30)33)36-23-47-41(48-36)38-18-10-27(6)52(38)43(54)40(25(3)4)50-45(56)58-8/h13-16,19-20,22-27,37-40H,9-12,17-18,21H2,1-8H3,(H,47,48)(H,49,55)(H,50,56)/t26-,27-,37-,38-,39-,40-/m0/s1. The van der Waals surface area contributed by atoms with E-state index in [0.717, 1.165) is 72.5 Å². The van der Waals surface area contributed by atoms with Gasteiger partial charge in [-0.2, -0.15) is 0 Å². The Morgan fingerprint density at radius 3 is 1.81 bits per heavy atom. The smallest absolute Gasteiger partial charge is 0.407 e. The van der Waals surface area contributed by atoms with Crippen LogP contribution in [-0.2, 0) is 31.9 Å². The van der Waals surface area contributed by atoms with Crippen LogP contribution >= 0.6 is 0 Å². The molecule has 308 valence electrons. The molecule has 2 fully saturated rings. The number of aryl methyl sites for hydroxylation is 2. The van der Waals surface area contributed by atoms with Crippen molar-refractivity contribution in [2.45, 2.75) is 123 Å². The number of aromatic nitrogens is 2. The van der Waals surface area contributed by atoms with Gasteiger partial charge in [-0.1, -0.05) is 58.0 Å². The Bertz CT molecular complexity index is 2140. The Hall–Kier alpha value is -5.46. The largest absolute Gasteiger partial charge is 0.453 e. The van der Waals surface area contributed by atoms with Gasteiger partial charge in [0.15, 0.2) is 0 Å². The highest BCUT2D eigenvalue weighted by Crippen LogP contribution is 2.40. The van der Waals surface area contributed by atoms with E-state index in [-0.39, 0.29) is 47.8 Å². The third-order valence-corrected chi connectivity index (χ3v) is 12.5.